The minimum atomic E-state index is -5.35. The van der Waals surface area contributed by atoms with Crippen molar-refractivity contribution in [3.05, 3.63) is 92.8 Å². The molecule has 1 unspecified atom stereocenters. The van der Waals surface area contributed by atoms with E-state index >= 15 is 0 Å². The van der Waals surface area contributed by atoms with Crippen molar-refractivity contribution < 1.29 is 36.6 Å². The third-order valence-electron chi connectivity index (χ3n) is 5.72. The summed E-state index contributed by atoms with van der Waals surface area (Å²) in [5.74, 6) is -3.15. The van der Waals surface area contributed by atoms with E-state index in [0.717, 1.165) is 10.6 Å². The van der Waals surface area contributed by atoms with Gasteiger partial charge in [-0.1, -0.05) is 17.7 Å². The first-order valence-electron chi connectivity index (χ1n) is 10.3. The summed E-state index contributed by atoms with van der Waals surface area (Å²) >= 11 is 9.25. The Kier molecular flexibility index (Phi) is 6.95. The predicted octanol–water partition coefficient (Wildman–Crippen LogP) is 6.16. The van der Waals surface area contributed by atoms with Crippen molar-refractivity contribution in [2.24, 2.45) is 7.05 Å². The maximum atomic E-state index is 14.3. The number of ether oxygens (including phenoxy) is 1. The van der Waals surface area contributed by atoms with Crippen LogP contribution in [-0.2, 0) is 17.4 Å². The Labute approximate surface area is 220 Å². The van der Waals surface area contributed by atoms with Gasteiger partial charge in [0.1, 0.15) is 17.5 Å². The summed E-state index contributed by atoms with van der Waals surface area (Å²) < 4.78 is 77.5. The van der Waals surface area contributed by atoms with E-state index < -0.39 is 40.6 Å². The first-order chi connectivity index (χ1) is 17.3. The highest BCUT2D eigenvalue weighted by Gasteiger charge is 2.58. The van der Waals surface area contributed by atoms with Gasteiger partial charge in [-0.05, 0) is 51.8 Å². The Balaban J connectivity index is 1.84. The van der Waals surface area contributed by atoms with E-state index in [0.29, 0.717) is 29.3 Å². The van der Waals surface area contributed by atoms with E-state index in [4.69, 9.17) is 16.3 Å². The van der Waals surface area contributed by atoms with Crippen molar-refractivity contribution in [3.8, 4) is 16.9 Å². The van der Waals surface area contributed by atoms with Gasteiger partial charge >= 0.3 is 12.1 Å². The van der Waals surface area contributed by atoms with Crippen LogP contribution in [0, 0.1) is 11.6 Å². The molecule has 0 bridgehead atoms. The summed E-state index contributed by atoms with van der Waals surface area (Å²) in [6.07, 6.45) is -2.47. The Morgan fingerprint density at radius 2 is 1.73 bits per heavy atom. The summed E-state index contributed by atoms with van der Waals surface area (Å²) in [5.41, 5.74) is -4.40. The highest BCUT2D eigenvalue weighted by molar-refractivity contribution is 9.10. The molecule has 194 valence electrons. The second kappa shape index (κ2) is 9.58. The van der Waals surface area contributed by atoms with Crippen LogP contribution in [0.3, 0.4) is 0 Å². The van der Waals surface area contributed by atoms with Crippen LogP contribution in [-0.4, -0.2) is 38.7 Å². The van der Waals surface area contributed by atoms with E-state index in [1.165, 1.54) is 43.4 Å². The molecule has 37 heavy (non-hydrogen) atoms. The third-order valence-corrected chi connectivity index (χ3v) is 6.64. The average molecular weight is 605 g/mol. The Bertz CT molecular complexity index is 1500. The number of methoxy groups -OCH3 is 1. The number of carbonyl (C=O) groups is 1. The van der Waals surface area contributed by atoms with E-state index in [-0.39, 0.29) is 20.9 Å². The standard InChI is InChI=1S/C24H16BrClF5N3O3/c1-33-20(23(36,24(29,30)31)14-6-15(27)8-16(28)7-14)9-18(25)21(33)34-11-13(10-32-34)12-3-4-19(26)17(5-12)22(35)37-2/h3-11,36H,1-2H3. The molecule has 4 aromatic rings. The van der Waals surface area contributed by atoms with Gasteiger partial charge in [0, 0.05) is 30.4 Å². The van der Waals surface area contributed by atoms with Crippen molar-refractivity contribution in [3.63, 3.8) is 0 Å². The molecule has 0 amide bonds. The molecule has 0 spiro atoms. The van der Waals surface area contributed by atoms with E-state index in [2.05, 4.69) is 21.0 Å². The molecule has 1 N–H and O–H groups in total. The minimum absolute atomic E-state index is 0.0722. The summed E-state index contributed by atoms with van der Waals surface area (Å²) in [7, 11) is 2.44. The molecular weight excluding hydrogens is 589 g/mol. The average Bonchev–Trinajstić information content (AvgIpc) is 3.41. The minimum Gasteiger partial charge on any atom is -0.465 e. The third kappa shape index (κ3) is 4.64. The number of halogens is 7. The first kappa shape index (κ1) is 26.8. The molecular formula is C24H16BrClF5N3O3. The van der Waals surface area contributed by atoms with Gasteiger partial charge in [0.25, 0.3) is 0 Å². The molecule has 1 atom stereocenters. The predicted molar refractivity (Wildman–Crippen MR) is 127 cm³/mol. The second-order valence-electron chi connectivity index (χ2n) is 7.99. The summed E-state index contributed by atoms with van der Waals surface area (Å²) in [6, 6.07) is 6.80. The van der Waals surface area contributed by atoms with Gasteiger partial charge in [-0.2, -0.15) is 18.3 Å². The monoisotopic (exact) mass is 603 g/mol. The van der Waals surface area contributed by atoms with Crippen LogP contribution < -0.4 is 0 Å². The number of carbonyl (C=O) groups excluding carboxylic acids is 1. The maximum Gasteiger partial charge on any atom is 0.427 e. The lowest BCUT2D eigenvalue weighted by Gasteiger charge is -2.31. The van der Waals surface area contributed by atoms with Crippen LogP contribution in [0.2, 0.25) is 5.02 Å². The van der Waals surface area contributed by atoms with E-state index in [1.54, 1.807) is 6.07 Å². The van der Waals surface area contributed by atoms with Crippen molar-refractivity contribution in [1.29, 1.82) is 0 Å². The quantitative estimate of drug-likeness (QED) is 0.219. The zero-order chi connectivity index (χ0) is 27.3. The highest BCUT2D eigenvalue weighted by atomic mass is 79.9. The molecule has 0 radical (unpaired) electrons. The van der Waals surface area contributed by atoms with Gasteiger partial charge < -0.3 is 14.4 Å². The van der Waals surface area contributed by atoms with Crippen LogP contribution in [0.5, 0.6) is 0 Å². The number of aliphatic hydroxyl groups is 1. The van der Waals surface area contributed by atoms with Gasteiger partial charge in [0.05, 0.1) is 34.1 Å². The lowest BCUT2D eigenvalue weighted by atomic mass is 9.89. The number of rotatable bonds is 5. The van der Waals surface area contributed by atoms with Crippen molar-refractivity contribution in [1.82, 2.24) is 14.3 Å². The number of hydrogen-bond acceptors (Lipinski definition) is 4. The second-order valence-corrected chi connectivity index (χ2v) is 9.25. The van der Waals surface area contributed by atoms with Gasteiger partial charge in [-0.3, -0.25) is 0 Å². The number of nitrogens with zero attached hydrogens (tertiary/aromatic N) is 3. The normalized spacial score (nSPS) is 13.5. The van der Waals surface area contributed by atoms with Crippen LogP contribution in [0.4, 0.5) is 22.0 Å². The maximum absolute atomic E-state index is 14.3. The van der Waals surface area contributed by atoms with Gasteiger partial charge in [-0.15, -0.1) is 0 Å². The van der Waals surface area contributed by atoms with Crippen molar-refractivity contribution >= 4 is 33.5 Å². The summed E-state index contributed by atoms with van der Waals surface area (Å²) in [5, 5.41) is 15.3. The number of alkyl halides is 3. The molecule has 0 aliphatic heterocycles. The van der Waals surface area contributed by atoms with E-state index in [9.17, 15) is 31.9 Å². The van der Waals surface area contributed by atoms with Crippen LogP contribution in [0.25, 0.3) is 16.9 Å². The van der Waals surface area contributed by atoms with E-state index in [1.807, 2.05) is 0 Å². The van der Waals surface area contributed by atoms with Gasteiger partial charge in [0.2, 0.25) is 5.60 Å². The SMILES string of the molecule is COC(=O)c1cc(-c2cnn(-c3c(Br)cc(C(O)(c4cc(F)cc(F)c4)C(F)(F)F)n3C)c2)ccc1Cl. The summed E-state index contributed by atoms with van der Waals surface area (Å²) in [6.45, 7) is 0. The fourth-order valence-corrected chi connectivity index (χ4v) is 4.80. The molecule has 2 aromatic heterocycles. The summed E-state index contributed by atoms with van der Waals surface area (Å²) in [4.78, 5) is 12.0. The topological polar surface area (TPSA) is 69.3 Å². The fourth-order valence-electron chi connectivity index (χ4n) is 3.94. The van der Waals surface area contributed by atoms with Crippen LogP contribution in [0.1, 0.15) is 21.6 Å². The largest absolute Gasteiger partial charge is 0.465 e. The Hall–Kier alpha value is -3.22. The molecule has 4 rings (SSSR count). The van der Waals surface area contributed by atoms with Crippen LogP contribution >= 0.6 is 27.5 Å². The zero-order valence-electron chi connectivity index (χ0n) is 18.9. The zero-order valence-corrected chi connectivity index (χ0v) is 21.3. The molecule has 0 aliphatic rings. The molecule has 2 aromatic carbocycles. The fraction of sp³-hybridized carbons (Fsp3) is 0.167. The number of esters is 1. The smallest absolute Gasteiger partial charge is 0.427 e. The van der Waals surface area contributed by atoms with Gasteiger partial charge in [-0.25, -0.2) is 18.3 Å². The lowest BCUT2D eigenvalue weighted by molar-refractivity contribution is -0.250. The van der Waals surface area contributed by atoms with Crippen molar-refractivity contribution in [2.45, 2.75) is 11.8 Å². The molecule has 6 nitrogen and oxygen atoms in total. The number of benzene rings is 2. The molecule has 0 fully saturated rings. The van der Waals surface area contributed by atoms with Gasteiger partial charge in [0.15, 0.2) is 0 Å². The highest BCUT2D eigenvalue weighted by Crippen LogP contribution is 2.46. The lowest BCUT2D eigenvalue weighted by Crippen LogP contribution is -2.45. The Morgan fingerprint density at radius 3 is 2.32 bits per heavy atom. The van der Waals surface area contributed by atoms with Crippen LogP contribution in [0.15, 0.2) is 59.3 Å². The first-order valence-corrected chi connectivity index (χ1v) is 11.5. The molecule has 13 heteroatoms. The molecule has 0 saturated heterocycles. The number of hydrogen-bond donors (Lipinski definition) is 1. The Morgan fingerprint density at radius 1 is 1.08 bits per heavy atom. The van der Waals surface area contributed by atoms with Crippen molar-refractivity contribution in [2.75, 3.05) is 7.11 Å². The molecule has 2 heterocycles. The number of aromatic nitrogens is 3. The molecule has 0 saturated carbocycles. The molecule has 0 aliphatic carbocycles.